The van der Waals surface area contributed by atoms with Gasteiger partial charge in [-0.15, -0.1) is 0 Å². The van der Waals surface area contributed by atoms with Gasteiger partial charge in [-0.2, -0.15) is 0 Å². The van der Waals surface area contributed by atoms with E-state index in [1.165, 1.54) is 5.56 Å². The first-order valence-corrected chi connectivity index (χ1v) is 8.01. The van der Waals surface area contributed by atoms with Crippen molar-refractivity contribution in [2.24, 2.45) is 4.99 Å². The third kappa shape index (κ3) is 4.71. The minimum Gasteiger partial charge on any atom is -0.355 e. The van der Waals surface area contributed by atoms with Gasteiger partial charge in [0.1, 0.15) is 0 Å². The number of nitrogens with zero attached hydrogens (tertiary/aromatic N) is 3. The average Bonchev–Trinajstić information content (AvgIpc) is 2.55. The predicted octanol–water partition coefficient (Wildman–Crippen LogP) is 1.16. The molecule has 5 heteroatoms. The van der Waals surface area contributed by atoms with Crippen LogP contribution in [-0.2, 0) is 0 Å². The van der Waals surface area contributed by atoms with Crippen molar-refractivity contribution in [3.63, 3.8) is 0 Å². The summed E-state index contributed by atoms with van der Waals surface area (Å²) in [5.41, 5.74) is 1.26. The van der Waals surface area contributed by atoms with Crippen LogP contribution in [0.15, 0.2) is 35.3 Å². The van der Waals surface area contributed by atoms with Crippen LogP contribution >= 0.6 is 0 Å². The van der Waals surface area contributed by atoms with Crippen molar-refractivity contribution in [2.75, 3.05) is 47.3 Å². The summed E-state index contributed by atoms with van der Waals surface area (Å²) in [6.07, 6.45) is 0. The summed E-state index contributed by atoms with van der Waals surface area (Å²) in [6, 6.07) is 11.2. The second-order valence-electron chi connectivity index (χ2n) is 6.13. The monoisotopic (exact) mass is 303 g/mol. The maximum absolute atomic E-state index is 4.34. The molecule has 2 unspecified atom stereocenters. The summed E-state index contributed by atoms with van der Waals surface area (Å²) < 4.78 is 0. The number of hydrogen-bond acceptors (Lipinski definition) is 3. The average molecular weight is 303 g/mol. The third-order valence-electron chi connectivity index (χ3n) is 4.36. The van der Waals surface area contributed by atoms with Gasteiger partial charge >= 0.3 is 0 Å². The van der Waals surface area contributed by atoms with E-state index >= 15 is 0 Å². The van der Waals surface area contributed by atoms with Crippen molar-refractivity contribution in [2.45, 2.75) is 19.0 Å². The Kier molecular flexibility index (Phi) is 6.21. The summed E-state index contributed by atoms with van der Waals surface area (Å²) >= 11 is 0. The molecule has 2 N–H and O–H groups in total. The van der Waals surface area contributed by atoms with E-state index in [2.05, 4.69) is 70.7 Å². The van der Waals surface area contributed by atoms with Gasteiger partial charge in [0.15, 0.2) is 5.96 Å². The maximum atomic E-state index is 4.34. The number of nitrogens with one attached hydrogen (secondary N) is 2. The highest BCUT2D eigenvalue weighted by atomic mass is 15.3. The fourth-order valence-corrected chi connectivity index (χ4v) is 2.76. The molecular formula is C17H29N5. The van der Waals surface area contributed by atoms with E-state index < -0.39 is 0 Å². The van der Waals surface area contributed by atoms with E-state index in [0.29, 0.717) is 6.04 Å². The van der Waals surface area contributed by atoms with Crippen LogP contribution in [0.3, 0.4) is 0 Å². The van der Waals surface area contributed by atoms with Crippen LogP contribution in [-0.4, -0.2) is 69.1 Å². The van der Waals surface area contributed by atoms with E-state index in [-0.39, 0.29) is 6.04 Å². The minimum absolute atomic E-state index is 0.235. The van der Waals surface area contributed by atoms with E-state index in [9.17, 15) is 0 Å². The fourth-order valence-electron chi connectivity index (χ4n) is 2.76. The number of benzene rings is 1. The fraction of sp³-hybridized carbons (Fsp3) is 0.588. The first-order chi connectivity index (χ1) is 10.6. The van der Waals surface area contributed by atoms with Crippen LogP contribution < -0.4 is 10.6 Å². The molecule has 0 aliphatic carbocycles. The molecular weight excluding hydrogens is 274 g/mol. The predicted molar refractivity (Wildman–Crippen MR) is 93.3 cm³/mol. The van der Waals surface area contributed by atoms with Gasteiger partial charge in [0, 0.05) is 39.3 Å². The van der Waals surface area contributed by atoms with Crippen molar-refractivity contribution in [3.05, 3.63) is 35.9 Å². The van der Waals surface area contributed by atoms with Gasteiger partial charge in [-0.25, -0.2) is 0 Å². The Hall–Kier alpha value is -1.59. The van der Waals surface area contributed by atoms with E-state index in [0.717, 1.165) is 32.1 Å². The molecule has 0 saturated carbocycles. The topological polar surface area (TPSA) is 42.9 Å². The Balaban J connectivity index is 1.85. The normalized spacial score (nSPS) is 22.4. The smallest absolute Gasteiger partial charge is 0.191 e. The van der Waals surface area contributed by atoms with Crippen LogP contribution in [0.5, 0.6) is 0 Å². The van der Waals surface area contributed by atoms with Gasteiger partial charge in [0.25, 0.3) is 0 Å². The van der Waals surface area contributed by atoms with Gasteiger partial charge in [0.05, 0.1) is 6.04 Å². The second kappa shape index (κ2) is 8.15. The molecule has 0 amide bonds. The van der Waals surface area contributed by atoms with Crippen molar-refractivity contribution >= 4 is 5.96 Å². The number of rotatable bonds is 4. The lowest BCUT2D eigenvalue weighted by Crippen LogP contribution is -2.55. The summed E-state index contributed by atoms with van der Waals surface area (Å²) in [6.45, 7) is 6.42. The van der Waals surface area contributed by atoms with E-state index in [1.54, 1.807) is 0 Å². The van der Waals surface area contributed by atoms with Gasteiger partial charge in [-0.05, 0) is 26.6 Å². The second-order valence-corrected chi connectivity index (χ2v) is 6.13. The summed E-state index contributed by atoms with van der Waals surface area (Å²) in [4.78, 5) is 9.15. The lowest BCUT2D eigenvalue weighted by atomic mass is 10.1. The van der Waals surface area contributed by atoms with Crippen LogP contribution in [0.4, 0.5) is 0 Å². The largest absolute Gasteiger partial charge is 0.355 e. The molecule has 2 atom stereocenters. The summed E-state index contributed by atoms with van der Waals surface area (Å²) in [7, 11) is 6.20. The molecule has 1 heterocycles. The molecule has 1 aromatic rings. The Bertz CT molecular complexity index is 473. The number of aliphatic imine (C=N–C) groups is 1. The van der Waals surface area contributed by atoms with Gasteiger partial charge < -0.3 is 15.5 Å². The SMILES string of the molecule is CN=C(NCC1CN(C)CCN1C)NC(C)c1ccccc1. The summed E-state index contributed by atoms with van der Waals surface area (Å²) in [5, 5.41) is 6.92. The molecule has 0 spiro atoms. The highest BCUT2D eigenvalue weighted by molar-refractivity contribution is 5.80. The van der Waals surface area contributed by atoms with Crippen molar-refractivity contribution in [1.82, 2.24) is 20.4 Å². The minimum atomic E-state index is 0.235. The summed E-state index contributed by atoms with van der Waals surface area (Å²) in [5.74, 6) is 0.859. The maximum Gasteiger partial charge on any atom is 0.191 e. The Morgan fingerprint density at radius 2 is 2.00 bits per heavy atom. The Morgan fingerprint density at radius 3 is 2.68 bits per heavy atom. The Labute approximate surface area is 134 Å². The van der Waals surface area contributed by atoms with E-state index in [4.69, 9.17) is 0 Å². The zero-order chi connectivity index (χ0) is 15.9. The number of piperazine rings is 1. The number of guanidine groups is 1. The van der Waals surface area contributed by atoms with Gasteiger partial charge in [-0.3, -0.25) is 9.89 Å². The molecule has 22 heavy (non-hydrogen) atoms. The number of hydrogen-bond donors (Lipinski definition) is 2. The lowest BCUT2D eigenvalue weighted by Gasteiger charge is -2.38. The highest BCUT2D eigenvalue weighted by Gasteiger charge is 2.22. The van der Waals surface area contributed by atoms with Crippen LogP contribution in [0.2, 0.25) is 0 Å². The molecule has 1 saturated heterocycles. The first-order valence-electron chi connectivity index (χ1n) is 8.01. The molecule has 1 fully saturated rings. The molecule has 5 nitrogen and oxygen atoms in total. The molecule has 1 aliphatic rings. The van der Waals surface area contributed by atoms with Gasteiger partial charge in [0.2, 0.25) is 0 Å². The lowest BCUT2D eigenvalue weighted by molar-refractivity contribution is 0.116. The first kappa shape index (κ1) is 16.8. The van der Waals surface area contributed by atoms with E-state index in [1.807, 2.05) is 13.1 Å². The number of likely N-dealkylation sites (N-methyl/N-ethyl adjacent to an activating group) is 2. The third-order valence-corrected chi connectivity index (χ3v) is 4.36. The molecule has 1 aromatic carbocycles. The van der Waals surface area contributed by atoms with Crippen molar-refractivity contribution < 1.29 is 0 Å². The van der Waals surface area contributed by atoms with Crippen LogP contribution in [0.1, 0.15) is 18.5 Å². The van der Waals surface area contributed by atoms with Crippen LogP contribution in [0, 0.1) is 0 Å². The molecule has 1 aliphatic heterocycles. The molecule has 122 valence electrons. The molecule has 0 radical (unpaired) electrons. The molecule has 0 aromatic heterocycles. The van der Waals surface area contributed by atoms with Gasteiger partial charge in [-0.1, -0.05) is 30.3 Å². The molecule has 2 rings (SSSR count). The highest BCUT2D eigenvalue weighted by Crippen LogP contribution is 2.10. The van der Waals surface area contributed by atoms with Crippen molar-refractivity contribution in [3.8, 4) is 0 Å². The van der Waals surface area contributed by atoms with Crippen LogP contribution in [0.25, 0.3) is 0 Å². The van der Waals surface area contributed by atoms with Crippen molar-refractivity contribution in [1.29, 1.82) is 0 Å². The zero-order valence-electron chi connectivity index (χ0n) is 14.2. The molecule has 0 bridgehead atoms. The quantitative estimate of drug-likeness (QED) is 0.647. The Morgan fingerprint density at radius 1 is 1.27 bits per heavy atom. The zero-order valence-corrected chi connectivity index (χ0v) is 14.2. The standard InChI is InChI=1S/C17H29N5/c1-14(15-8-6-5-7-9-15)20-17(18-2)19-12-16-13-21(3)10-11-22(16)4/h5-9,14,16H,10-13H2,1-4H3,(H2,18,19,20).